The van der Waals surface area contributed by atoms with Gasteiger partial charge in [0.05, 0.1) is 17.6 Å². The van der Waals surface area contributed by atoms with Gasteiger partial charge in [-0.15, -0.1) is 24.8 Å². The van der Waals surface area contributed by atoms with E-state index in [0.717, 1.165) is 5.69 Å². The first-order valence-corrected chi connectivity index (χ1v) is 8.19. The number of morpholine rings is 1. The Morgan fingerprint density at radius 1 is 1.27 bits per heavy atom. The van der Waals surface area contributed by atoms with Crippen LogP contribution in [0.3, 0.4) is 0 Å². The molecule has 10 heteroatoms. The topological polar surface area (TPSA) is 88.0 Å². The summed E-state index contributed by atoms with van der Waals surface area (Å²) in [5.74, 6) is 0.0703. The Morgan fingerprint density at radius 2 is 1.96 bits per heavy atom. The van der Waals surface area contributed by atoms with Crippen LogP contribution >= 0.6 is 24.8 Å². The van der Waals surface area contributed by atoms with Crippen molar-refractivity contribution in [2.75, 3.05) is 44.2 Å². The molecule has 0 bridgehead atoms. The second-order valence-corrected chi connectivity index (χ2v) is 6.10. The number of ether oxygens (including phenoxy) is 1. The Bertz CT molecular complexity index is 626. The second-order valence-electron chi connectivity index (χ2n) is 6.10. The molecule has 1 aromatic rings. The number of benzene rings is 1. The summed E-state index contributed by atoms with van der Waals surface area (Å²) in [6.07, 6.45) is -0.124. The number of carbonyl (C=O) groups excluding carboxylic acids is 1. The summed E-state index contributed by atoms with van der Waals surface area (Å²) in [6, 6.07) is 6.33. The minimum Gasteiger partial charge on any atom is -0.375 e. The number of hydrogen-bond donors (Lipinski definition) is 1. The molecular weight excluding hydrogens is 383 g/mol. The van der Waals surface area contributed by atoms with Gasteiger partial charge >= 0.3 is 0 Å². The van der Waals surface area contributed by atoms with Gasteiger partial charge in [-0.2, -0.15) is 0 Å². The SMILES string of the molecule is C[C@H]1OCCN[C@@H]1C(=O)N1CCN(c2cccc([N+](=O)[O-])c2)CC1.Cl.Cl. The third-order valence-electron chi connectivity index (χ3n) is 4.58. The third kappa shape index (κ3) is 4.97. The number of nitrogens with one attached hydrogen (secondary N) is 1. The molecule has 1 amide bonds. The number of hydrogen-bond acceptors (Lipinski definition) is 6. The van der Waals surface area contributed by atoms with E-state index in [1.165, 1.54) is 6.07 Å². The Balaban J connectivity index is 0.00000169. The van der Waals surface area contributed by atoms with Crippen LogP contribution in [0.4, 0.5) is 11.4 Å². The van der Waals surface area contributed by atoms with E-state index in [-0.39, 0.29) is 53.5 Å². The number of halogens is 2. The van der Waals surface area contributed by atoms with Crippen molar-refractivity contribution in [1.29, 1.82) is 0 Å². The van der Waals surface area contributed by atoms with E-state index < -0.39 is 0 Å². The Hall–Kier alpha value is -1.61. The molecule has 8 nitrogen and oxygen atoms in total. The molecule has 2 atom stereocenters. The van der Waals surface area contributed by atoms with E-state index in [4.69, 9.17) is 4.74 Å². The van der Waals surface area contributed by atoms with Crippen LogP contribution in [0.1, 0.15) is 6.92 Å². The molecule has 3 rings (SSSR count). The second kappa shape index (κ2) is 9.91. The maximum absolute atomic E-state index is 12.6. The van der Waals surface area contributed by atoms with Crippen LogP contribution in [-0.2, 0) is 9.53 Å². The summed E-state index contributed by atoms with van der Waals surface area (Å²) in [5, 5.41) is 14.1. The van der Waals surface area contributed by atoms with E-state index >= 15 is 0 Å². The van der Waals surface area contributed by atoms with Gasteiger partial charge in [0.1, 0.15) is 6.04 Å². The maximum Gasteiger partial charge on any atom is 0.271 e. The number of piperazine rings is 1. The number of rotatable bonds is 3. The van der Waals surface area contributed by atoms with Crippen molar-refractivity contribution >= 4 is 42.1 Å². The molecular formula is C16H24Cl2N4O4. The molecule has 2 saturated heterocycles. The largest absolute Gasteiger partial charge is 0.375 e. The molecule has 0 aromatic heterocycles. The lowest BCUT2D eigenvalue weighted by atomic mass is 10.1. The van der Waals surface area contributed by atoms with Crippen LogP contribution in [0.25, 0.3) is 0 Å². The van der Waals surface area contributed by atoms with Crippen molar-refractivity contribution in [2.24, 2.45) is 0 Å². The van der Waals surface area contributed by atoms with E-state index in [1.807, 2.05) is 17.9 Å². The smallest absolute Gasteiger partial charge is 0.271 e. The average Bonchev–Trinajstić information content (AvgIpc) is 2.62. The minimum atomic E-state index is -0.389. The first-order chi connectivity index (χ1) is 11.6. The quantitative estimate of drug-likeness (QED) is 0.603. The third-order valence-corrected chi connectivity index (χ3v) is 4.58. The molecule has 1 N–H and O–H groups in total. The lowest BCUT2D eigenvalue weighted by Gasteiger charge is -2.39. The normalized spacial score (nSPS) is 22.8. The summed E-state index contributed by atoms with van der Waals surface area (Å²) in [6.45, 7) is 5.76. The van der Waals surface area contributed by atoms with Gasteiger partial charge < -0.3 is 19.9 Å². The fourth-order valence-corrected chi connectivity index (χ4v) is 3.19. The summed E-state index contributed by atoms with van der Waals surface area (Å²) >= 11 is 0. The van der Waals surface area contributed by atoms with Gasteiger partial charge in [-0.25, -0.2) is 0 Å². The highest BCUT2D eigenvalue weighted by Gasteiger charge is 2.33. The van der Waals surface area contributed by atoms with Crippen LogP contribution in [0.2, 0.25) is 0 Å². The molecule has 0 saturated carbocycles. The van der Waals surface area contributed by atoms with Crippen molar-refractivity contribution in [2.45, 2.75) is 19.1 Å². The molecule has 2 fully saturated rings. The number of nitro benzene ring substituents is 1. The van der Waals surface area contributed by atoms with Gasteiger partial charge in [0, 0.05) is 50.5 Å². The molecule has 146 valence electrons. The zero-order chi connectivity index (χ0) is 17.1. The van der Waals surface area contributed by atoms with E-state index in [2.05, 4.69) is 10.2 Å². The predicted octanol–water partition coefficient (Wildman–Crippen LogP) is 1.46. The molecule has 1 aromatic carbocycles. The zero-order valence-electron chi connectivity index (χ0n) is 14.5. The number of non-ortho nitro benzene ring substituents is 1. The first-order valence-electron chi connectivity index (χ1n) is 8.19. The van der Waals surface area contributed by atoms with Crippen molar-refractivity contribution in [3.63, 3.8) is 0 Å². The molecule has 2 aliphatic rings. The fourth-order valence-electron chi connectivity index (χ4n) is 3.19. The molecule has 2 aliphatic heterocycles. The number of amides is 1. The number of anilines is 1. The summed E-state index contributed by atoms with van der Waals surface area (Å²) in [5.41, 5.74) is 0.909. The average molecular weight is 407 g/mol. The van der Waals surface area contributed by atoms with Crippen molar-refractivity contribution < 1.29 is 14.5 Å². The highest BCUT2D eigenvalue weighted by molar-refractivity contribution is 5.85. The van der Waals surface area contributed by atoms with E-state index in [1.54, 1.807) is 12.1 Å². The van der Waals surface area contributed by atoms with Crippen LogP contribution in [0.15, 0.2) is 24.3 Å². The molecule has 2 heterocycles. The van der Waals surface area contributed by atoms with Gasteiger partial charge in [-0.1, -0.05) is 6.07 Å². The lowest BCUT2D eigenvalue weighted by molar-refractivity contribution is -0.384. The molecule has 0 unspecified atom stereocenters. The summed E-state index contributed by atoms with van der Waals surface area (Å²) in [7, 11) is 0. The maximum atomic E-state index is 12.6. The number of nitrogens with zero attached hydrogens (tertiary/aromatic N) is 3. The Labute approximate surface area is 164 Å². The standard InChI is InChI=1S/C16H22N4O4.2ClH/c1-12-15(17-5-10-24-12)16(21)19-8-6-18(7-9-19)13-3-2-4-14(11-13)20(22)23;;/h2-4,11-12,15,17H,5-10H2,1H3;2*1H/t12-,15+;;/m1../s1. The fraction of sp³-hybridized carbons (Fsp3) is 0.562. The molecule has 0 aliphatic carbocycles. The summed E-state index contributed by atoms with van der Waals surface area (Å²) < 4.78 is 5.54. The first kappa shape index (κ1) is 22.4. The van der Waals surface area contributed by atoms with Crippen LogP contribution in [0, 0.1) is 10.1 Å². The van der Waals surface area contributed by atoms with E-state index in [9.17, 15) is 14.9 Å². The molecule has 0 spiro atoms. The van der Waals surface area contributed by atoms with Gasteiger partial charge in [0.25, 0.3) is 5.69 Å². The summed E-state index contributed by atoms with van der Waals surface area (Å²) in [4.78, 5) is 27.1. The van der Waals surface area contributed by atoms with Crippen LogP contribution in [-0.4, -0.2) is 67.2 Å². The minimum absolute atomic E-state index is 0. The monoisotopic (exact) mass is 406 g/mol. The van der Waals surface area contributed by atoms with Crippen LogP contribution < -0.4 is 10.2 Å². The predicted molar refractivity (Wildman–Crippen MR) is 104 cm³/mol. The van der Waals surface area contributed by atoms with Gasteiger partial charge in [-0.3, -0.25) is 14.9 Å². The zero-order valence-corrected chi connectivity index (χ0v) is 16.1. The van der Waals surface area contributed by atoms with Crippen LogP contribution in [0.5, 0.6) is 0 Å². The van der Waals surface area contributed by atoms with Gasteiger partial charge in [0.2, 0.25) is 5.91 Å². The highest BCUT2D eigenvalue weighted by atomic mass is 35.5. The van der Waals surface area contributed by atoms with Gasteiger partial charge in [0.15, 0.2) is 0 Å². The van der Waals surface area contributed by atoms with Crippen molar-refractivity contribution in [3.05, 3.63) is 34.4 Å². The lowest BCUT2D eigenvalue weighted by Crippen LogP contribution is -2.59. The molecule has 26 heavy (non-hydrogen) atoms. The highest BCUT2D eigenvalue weighted by Crippen LogP contribution is 2.22. The van der Waals surface area contributed by atoms with Crippen molar-refractivity contribution in [1.82, 2.24) is 10.2 Å². The van der Waals surface area contributed by atoms with Crippen molar-refractivity contribution in [3.8, 4) is 0 Å². The van der Waals surface area contributed by atoms with Gasteiger partial charge in [-0.05, 0) is 13.0 Å². The number of nitro groups is 1. The Kier molecular flexibility index (Phi) is 8.55. The molecule has 0 radical (unpaired) electrons. The number of carbonyl (C=O) groups is 1. The Morgan fingerprint density at radius 3 is 2.58 bits per heavy atom. The van der Waals surface area contributed by atoms with E-state index in [0.29, 0.717) is 39.3 Å².